The van der Waals surface area contributed by atoms with Crippen LogP contribution in [0, 0.1) is 0 Å². The molecule has 134 valence electrons. The average molecular weight is 340 g/mol. The van der Waals surface area contributed by atoms with E-state index in [0.29, 0.717) is 17.9 Å². The zero-order chi connectivity index (χ0) is 18.1. The number of aryl methyl sites for hydroxylation is 1. The van der Waals surface area contributed by atoms with E-state index >= 15 is 0 Å². The molecule has 0 spiro atoms. The Bertz CT molecular complexity index is 680. The van der Waals surface area contributed by atoms with Crippen molar-refractivity contribution in [2.24, 2.45) is 5.16 Å². The van der Waals surface area contributed by atoms with Crippen molar-refractivity contribution < 1.29 is 9.94 Å². The topological polar surface area (TPSA) is 45.1 Å². The molecule has 0 atom stereocenters. The van der Waals surface area contributed by atoms with E-state index in [2.05, 4.69) is 36.0 Å². The lowest BCUT2D eigenvalue weighted by Gasteiger charge is -2.21. The highest BCUT2D eigenvalue weighted by molar-refractivity contribution is 6.01. The minimum atomic E-state index is 0.235. The molecule has 0 aliphatic carbocycles. The maximum atomic E-state index is 10.3. The summed E-state index contributed by atoms with van der Waals surface area (Å²) in [7, 11) is 0. The van der Waals surface area contributed by atoms with Gasteiger partial charge < -0.3 is 14.8 Å². The molecule has 2 aromatic carbocycles. The summed E-state index contributed by atoms with van der Waals surface area (Å²) in [6, 6.07) is 16.0. The van der Waals surface area contributed by atoms with Gasteiger partial charge in [-0.15, -0.1) is 0 Å². The molecule has 0 aliphatic rings. The van der Waals surface area contributed by atoms with Gasteiger partial charge in [-0.3, -0.25) is 0 Å². The third-order valence-corrected chi connectivity index (χ3v) is 4.25. The Labute approximate surface area is 150 Å². The van der Waals surface area contributed by atoms with Crippen LogP contribution in [0.2, 0.25) is 0 Å². The van der Waals surface area contributed by atoms with Crippen LogP contribution < -0.4 is 4.90 Å². The largest absolute Gasteiger partial charge is 0.507 e. The van der Waals surface area contributed by atoms with E-state index in [-0.39, 0.29) is 5.75 Å². The smallest absolute Gasteiger partial charge is 0.126 e. The van der Waals surface area contributed by atoms with E-state index in [1.165, 1.54) is 5.56 Å². The van der Waals surface area contributed by atoms with E-state index in [1.54, 1.807) is 6.07 Å². The second-order valence-electron chi connectivity index (χ2n) is 5.97. The zero-order valence-electron chi connectivity index (χ0n) is 15.4. The maximum Gasteiger partial charge on any atom is 0.126 e. The van der Waals surface area contributed by atoms with E-state index in [4.69, 9.17) is 4.84 Å². The summed E-state index contributed by atoms with van der Waals surface area (Å²) < 4.78 is 0. The first-order valence-electron chi connectivity index (χ1n) is 8.94. The van der Waals surface area contributed by atoms with Crippen LogP contribution >= 0.6 is 0 Å². The van der Waals surface area contributed by atoms with Crippen LogP contribution in [-0.2, 0) is 11.3 Å². The Hall–Kier alpha value is -2.49. The quantitative estimate of drug-likeness (QED) is 0.412. The minimum absolute atomic E-state index is 0.235. The van der Waals surface area contributed by atoms with Gasteiger partial charge in [0.15, 0.2) is 0 Å². The van der Waals surface area contributed by atoms with E-state index in [1.807, 2.05) is 37.3 Å². The molecule has 0 fully saturated rings. The molecule has 25 heavy (non-hydrogen) atoms. The molecule has 1 N–H and O–H groups in total. The number of oxime groups is 1. The molecule has 2 aromatic rings. The molecule has 0 heterocycles. The monoisotopic (exact) mass is 340 g/mol. The summed E-state index contributed by atoms with van der Waals surface area (Å²) in [6.07, 6.45) is 1.88. The van der Waals surface area contributed by atoms with Crippen molar-refractivity contribution in [1.29, 1.82) is 0 Å². The second-order valence-corrected chi connectivity index (χ2v) is 5.97. The van der Waals surface area contributed by atoms with Gasteiger partial charge in [-0.2, -0.15) is 0 Å². The van der Waals surface area contributed by atoms with Crippen LogP contribution in [-0.4, -0.2) is 30.5 Å². The van der Waals surface area contributed by atoms with E-state index in [0.717, 1.165) is 31.6 Å². The van der Waals surface area contributed by atoms with Gasteiger partial charge in [0.25, 0.3) is 0 Å². The standard InChI is InChI=1S/C21H28N2O2/c1-4-23(5-2)19-13-14-20(21(24)16-19)17(3)22-25-15-9-12-18-10-7-6-8-11-18/h6-8,10-11,13-14,16,24H,4-5,9,12,15H2,1-3H3/b22-17+. The summed E-state index contributed by atoms with van der Waals surface area (Å²) in [5.74, 6) is 0.235. The van der Waals surface area contributed by atoms with Crippen molar-refractivity contribution in [3.8, 4) is 5.75 Å². The van der Waals surface area contributed by atoms with Crippen LogP contribution in [0.5, 0.6) is 5.75 Å². The first-order valence-corrected chi connectivity index (χ1v) is 8.94. The predicted molar refractivity (Wildman–Crippen MR) is 105 cm³/mol. The Morgan fingerprint density at radius 2 is 1.80 bits per heavy atom. The fourth-order valence-electron chi connectivity index (χ4n) is 2.79. The number of benzene rings is 2. The van der Waals surface area contributed by atoms with Gasteiger partial charge in [-0.25, -0.2) is 0 Å². The number of anilines is 1. The van der Waals surface area contributed by atoms with Crippen LogP contribution in [0.3, 0.4) is 0 Å². The van der Waals surface area contributed by atoms with Crippen molar-refractivity contribution in [1.82, 2.24) is 0 Å². The predicted octanol–water partition coefficient (Wildman–Crippen LogP) is 4.61. The molecule has 0 amide bonds. The third kappa shape index (κ3) is 5.52. The molecule has 0 saturated heterocycles. The van der Waals surface area contributed by atoms with Gasteiger partial charge in [-0.05, 0) is 51.3 Å². The highest BCUT2D eigenvalue weighted by atomic mass is 16.6. The van der Waals surface area contributed by atoms with Crippen molar-refractivity contribution >= 4 is 11.4 Å². The molecular weight excluding hydrogens is 312 g/mol. The van der Waals surface area contributed by atoms with Crippen molar-refractivity contribution in [2.45, 2.75) is 33.6 Å². The molecule has 0 aliphatic heterocycles. The van der Waals surface area contributed by atoms with Gasteiger partial charge in [0.1, 0.15) is 12.4 Å². The fraction of sp³-hybridized carbons (Fsp3) is 0.381. The molecule has 4 heteroatoms. The average Bonchev–Trinajstić information content (AvgIpc) is 2.63. The summed E-state index contributed by atoms with van der Waals surface area (Å²) in [5, 5.41) is 14.4. The molecule has 0 unspecified atom stereocenters. The van der Waals surface area contributed by atoms with Crippen molar-refractivity contribution in [3.05, 3.63) is 59.7 Å². The summed E-state index contributed by atoms with van der Waals surface area (Å²) in [5.41, 5.74) is 3.71. The molecular formula is C21H28N2O2. The first-order chi connectivity index (χ1) is 12.2. The molecule has 0 saturated carbocycles. The molecule has 4 nitrogen and oxygen atoms in total. The van der Waals surface area contributed by atoms with Gasteiger partial charge in [0, 0.05) is 30.4 Å². The number of nitrogens with zero attached hydrogens (tertiary/aromatic N) is 2. The Balaban J connectivity index is 1.88. The highest BCUT2D eigenvalue weighted by Gasteiger charge is 2.09. The molecule has 0 aromatic heterocycles. The first kappa shape index (κ1) is 18.8. The minimum Gasteiger partial charge on any atom is -0.507 e. The lowest BCUT2D eigenvalue weighted by Crippen LogP contribution is -2.21. The van der Waals surface area contributed by atoms with Crippen LogP contribution in [0.15, 0.2) is 53.7 Å². The number of aromatic hydroxyl groups is 1. The molecule has 0 radical (unpaired) electrons. The van der Waals surface area contributed by atoms with Gasteiger partial charge in [-0.1, -0.05) is 35.5 Å². The molecule has 0 bridgehead atoms. The van der Waals surface area contributed by atoms with Gasteiger partial charge >= 0.3 is 0 Å². The Kier molecular flexibility index (Phi) is 7.33. The second kappa shape index (κ2) is 9.72. The van der Waals surface area contributed by atoms with Crippen molar-refractivity contribution in [2.75, 3.05) is 24.6 Å². The lowest BCUT2D eigenvalue weighted by molar-refractivity contribution is 0.142. The van der Waals surface area contributed by atoms with E-state index < -0.39 is 0 Å². The number of hydrogen-bond acceptors (Lipinski definition) is 4. The van der Waals surface area contributed by atoms with Crippen LogP contribution in [0.1, 0.15) is 38.3 Å². The molecule has 2 rings (SSSR count). The lowest BCUT2D eigenvalue weighted by atomic mass is 10.1. The van der Waals surface area contributed by atoms with Gasteiger partial charge in [0.05, 0.1) is 5.71 Å². The summed E-state index contributed by atoms with van der Waals surface area (Å²) in [4.78, 5) is 7.60. The Morgan fingerprint density at radius 1 is 1.08 bits per heavy atom. The van der Waals surface area contributed by atoms with Gasteiger partial charge in [0.2, 0.25) is 0 Å². The number of phenols is 1. The van der Waals surface area contributed by atoms with Crippen molar-refractivity contribution in [3.63, 3.8) is 0 Å². The number of rotatable bonds is 9. The number of hydrogen-bond donors (Lipinski definition) is 1. The highest BCUT2D eigenvalue weighted by Crippen LogP contribution is 2.25. The third-order valence-electron chi connectivity index (χ3n) is 4.25. The van der Waals surface area contributed by atoms with E-state index in [9.17, 15) is 5.11 Å². The summed E-state index contributed by atoms with van der Waals surface area (Å²) >= 11 is 0. The number of phenolic OH excluding ortho intramolecular Hbond substituents is 1. The zero-order valence-corrected chi connectivity index (χ0v) is 15.4. The summed E-state index contributed by atoms with van der Waals surface area (Å²) in [6.45, 7) is 8.43. The Morgan fingerprint density at radius 3 is 2.44 bits per heavy atom. The maximum absolute atomic E-state index is 10.3. The SMILES string of the molecule is CCN(CC)c1ccc(/C(C)=N/OCCCc2ccccc2)c(O)c1. The normalized spacial score (nSPS) is 11.4. The van der Waals surface area contributed by atoms with Crippen LogP contribution in [0.4, 0.5) is 5.69 Å². The van der Waals surface area contributed by atoms with Crippen LogP contribution in [0.25, 0.3) is 0 Å². The fourth-order valence-corrected chi connectivity index (χ4v) is 2.79.